The Hall–Kier alpha value is -2.59. The standard InChI is InChI=1S/C20H22F3N3O3S/c1-2-19(27)24-16-6-8-18(9-7-16)30(28,29)26-12-10-25(11-13-26)17-5-3-4-15(14-17)20(21,22)23/h3-9,14H,2,10-13H2,1H3,(H,24,27). The molecule has 1 aliphatic heterocycles. The Kier molecular flexibility index (Phi) is 6.37. The highest BCUT2D eigenvalue weighted by Gasteiger charge is 2.32. The summed E-state index contributed by atoms with van der Waals surface area (Å²) in [6.07, 6.45) is -4.11. The largest absolute Gasteiger partial charge is 0.416 e. The molecule has 0 spiro atoms. The Balaban J connectivity index is 1.67. The molecule has 2 aromatic rings. The minimum absolute atomic E-state index is 0.101. The highest BCUT2D eigenvalue weighted by molar-refractivity contribution is 7.89. The predicted octanol–water partition coefficient (Wildman–Crippen LogP) is 3.56. The molecule has 1 N–H and O–H groups in total. The third-order valence-electron chi connectivity index (χ3n) is 4.87. The summed E-state index contributed by atoms with van der Waals surface area (Å²) in [6.45, 7) is 2.60. The second kappa shape index (κ2) is 8.65. The number of piperazine rings is 1. The van der Waals surface area contributed by atoms with E-state index in [0.717, 1.165) is 12.1 Å². The third-order valence-corrected chi connectivity index (χ3v) is 6.79. The first kappa shape index (κ1) is 22.1. The summed E-state index contributed by atoms with van der Waals surface area (Å²) in [5.74, 6) is -0.170. The van der Waals surface area contributed by atoms with Crippen molar-refractivity contribution in [3.8, 4) is 0 Å². The Morgan fingerprint density at radius 2 is 1.67 bits per heavy atom. The molecule has 0 unspecified atom stereocenters. The molecule has 1 fully saturated rings. The third kappa shape index (κ3) is 4.93. The predicted molar refractivity (Wildman–Crippen MR) is 108 cm³/mol. The number of hydrogen-bond donors (Lipinski definition) is 1. The molecule has 1 aliphatic rings. The zero-order valence-corrected chi connectivity index (χ0v) is 17.1. The van der Waals surface area contributed by atoms with Crippen LogP contribution in [0.3, 0.4) is 0 Å². The van der Waals surface area contributed by atoms with Gasteiger partial charge in [0.2, 0.25) is 15.9 Å². The van der Waals surface area contributed by atoms with Gasteiger partial charge in [0.05, 0.1) is 10.5 Å². The molecule has 1 saturated heterocycles. The van der Waals surface area contributed by atoms with Crippen LogP contribution in [0, 0.1) is 0 Å². The average molecular weight is 441 g/mol. The number of nitrogens with one attached hydrogen (secondary N) is 1. The summed E-state index contributed by atoms with van der Waals surface area (Å²) >= 11 is 0. The molecule has 0 bridgehead atoms. The van der Waals surface area contributed by atoms with Crippen molar-refractivity contribution in [1.29, 1.82) is 0 Å². The van der Waals surface area contributed by atoms with Gasteiger partial charge in [-0.2, -0.15) is 17.5 Å². The van der Waals surface area contributed by atoms with Gasteiger partial charge in [-0.3, -0.25) is 4.79 Å². The summed E-state index contributed by atoms with van der Waals surface area (Å²) in [7, 11) is -3.74. The molecule has 1 amide bonds. The van der Waals surface area contributed by atoms with Crippen LogP contribution in [0.5, 0.6) is 0 Å². The summed E-state index contributed by atoms with van der Waals surface area (Å²) in [6, 6.07) is 10.9. The van der Waals surface area contributed by atoms with Crippen molar-refractivity contribution in [3.63, 3.8) is 0 Å². The number of benzene rings is 2. The maximum atomic E-state index is 12.9. The number of carbonyl (C=O) groups excluding carboxylic acids is 1. The number of carbonyl (C=O) groups is 1. The summed E-state index contributed by atoms with van der Waals surface area (Å²) < 4.78 is 65.9. The number of anilines is 2. The lowest BCUT2D eigenvalue weighted by Gasteiger charge is -2.35. The van der Waals surface area contributed by atoms with Crippen molar-refractivity contribution in [1.82, 2.24) is 4.31 Å². The van der Waals surface area contributed by atoms with E-state index >= 15 is 0 Å². The van der Waals surface area contributed by atoms with Crippen LogP contribution in [0.4, 0.5) is 24.5 Å². The number of amides is 1. The average Bonchev–Trinajstić information content (AvgIpc) is 2.73. The van der Waals surface area contributed by atoms with Gasteiger partial charge in [-0.1, -0.05) is 13.0 Å². The Morgan fingerprint density at radius 1 is 1.03 bits per heavy atom. The van der Waals surface area contributed by atoms with Crippen LogP contribution in [0.2, 0.25) is 0 Å². The fraction of sp³-hybridized carbons (Fsp3) is 0.350. The van der Waals surface area contributed by atoms with Gasteiger partial charge in [0, 0.05) is 44.0 Å². The number of sulfonamides is 1. The lowest BCUT2D eigenvalue weighted by atomic mass is 10.1. The molecular weight excluding hydrogens is 419 g/mol. The number of alkyl halides is 3. The molecule has 10 heteroatoms. The van der Waals surface area contributed by atoms with Crippen molar-refractivity contribution < 1.29 is 26.4 Å². The molecule has 3 rings (SSSR count). The van der Waals surface area contributed by atoms with Crippen molar-refractivity contribution in [2.75, 3.05) is 36.4 Å². The van der Waals surface area contributed by atoms with Crippen LogP contribution in [0.1, 0.15) is 18.9 Å². The Morgan fingerprint density at radius 3 is 2.23 bits per heavy atom. The van der Waals surface area contributed by atoms with Crippen molar-refractivity contribution in [2.45, 2.75) is 24.4 Å². The van der Waals surface area contributed by atoms with E-state index in [1.54, 1.807) is 17.9 Å². The molecular formula is C20H22F3N3O3S. The number of hydrogen-bond acceptors (Lipinski definition) is 4. The monoisotopic (exact) mass is 441 g/mol. The lowest BCUT2D eigenvalue weighted by Crippen LogP contribution is -2.48. The molecule has 0 saturated carbocycles. The van der Waals surface area contributed by atoms with Gasteiger partial charge in [-0.05, 0) is 42.5 Å². The second-order valence-corrected chi connectivity index (χ2v) is 8.80. The first-order valence-corrected chi connectivity index (χ1v) is 10.9. The maximum absolute atomic E-state index is 12.9. The van der Waals surface area contributed by atoms with Gasteiger partial charge < -0.3 is 10.2 Å². The molecule has 1 heterocycles. The zero-order valence-electron chi connectivity index (χ0n) is 16.3. The summed E-state index contributed by atoms with van der Waals surface area (Å²) in [4.78, 5) is 13.3. The summed E-state index contributed by atoms with van der Waals surface area (Å²) in [5, 5.41) is 2.65. The van der Waals surface area contributed by atoms with Crippen LogP contribution in [-0.2, 0) is 21.0 Å². The van der Waals surface area contributed by atoms with Crippen molar-refractivity contribution in [2.24, 2.45) is 0 Å². The van der Waals surface area contributed by atoms with Crippen LogP contribution in [0.25, 0.3) is 0 Å². The van der Waals surface area contributed by atoms with Gasteiger partial charge in [0.15, 0.2) is 0 Å². The van der Waals surface area contributed by atoms with Crippen molar-refractivity contribution in [3.05, 3.63) is 54.1 Å². The van der Waals surface area contributed by atoms with Crippen LogP contribution < -0.4 is 10.2 Å². The van der Waals surface area contributed by atoms with Gasteiger partial charge in [0.1, 0.15) is 0 Å². The minimum atomic E-state index is -4.43. The first-order valence-electron chi connectivity index (χ1n) is 9.43. The van der Waals surface area contributed by atoms with E-state index in [0.29, 0.717) is 17.8 Å². The maximum Gasteiger partial charge on any atom is 0.416 e. The smallest absolute Gasteiger partial charge is 0.369 e. The Labute approximate surface area is 173 Å². The zero-order chi connectivity index (χ0) is 21.9. The highest BCUT2D eigenvalue weighted by atomic mass is 32.2. The SMILES string of the molecule is CCC(=O)Nc1ccc(S(=O)(=O)N2CCN(c3cccc(C(F)(F)F)c3)CC2)cc1. The molecule has 0 aromatic heterocycles. The van der Waals surface area contributed by atoms with Crippen LogP contribution in [-0.4, -0.2) is 44.8 Å². The molecule has 30 heavy (non-hydrogen) atoms. The highest BCUT2D eigenvalue weighted by Crippen LogP contribution is 2.32. The van der Waals surface area contributed by atoms with E-state index < -0.39 is 21.8 Å². The van der Waals surface area contributed by atoms with Crippen LogP contribution >= 0.6 is 0 Å². The van der Waals surface area contributed by atoms with Gasteiger partial charge in [-0.15, -0.1) is 0 Å². The molecule has 6 nitrogen and oxygen atoms in total. The Bertz CT molecular complexity index is 1000. The van der Waals surface area contributed by atoms with Crippen molar-refractivity contribution >= 4 is 27.3 Å². The van der Waals surface area contributed by atoms with E-state index in [-0.39, 0.29) is 37.0 Å². The fourth-order valence-corrected chi connectivity index (χ4v) is 4.60. The molecule has 0 atom stereocenters. The van der Waals surface area contributed by atoms with Crippen LogP contribution in [0.15, 0.2) is 53.4 Å². The number of rotatable bonds is 5. The number of halogens is 3. The first-order chi connectivity index (χ1) is 14.1. The molecule has 2 aromatic carbocycles. The van der Waals surface area contributed by atoms with Gasteiger partial charge >= 0.3 is 6.18 Å². The molecule has 0 aliphatic carbocycles. The molecule has 162 valence electrons. The van der Waals surface area contributed by atoms with E-state index in [1.165, 1.54) is 34.6 Å². The minimum Gasteiger partial charge on any atom is -0.369 e. The lowest BCUT2D eigenvalue weighted by molar-refractivity contribution is -0.137. The number of nitrogens with zero attached hydrogens (tertiary/aromatic N) is 2. The summed E-state index contributed by atoms with van der Waals surface area (Å²) in [5.41, 5.74) is 0.193. The fourth-order valence-electron chi connectivity index (χ4n) is 3.17. The van der Waals surface area contributed by atoms with Gasteiger partial charge in [0.25, 0.3) is 0 Å². The normalized spacial score (nSPS) is 15.8. The van der Waals surface area contributed by atoms with E-state index in [9.17, 15) is 26.4 Å². The quantitative estimate of drug-likeness (QED) is 0.770. The van der Waals surface area contributed by atoms with Gasteiger partial charge in [-0.25, -0.2) is 8.42 Å². The topological polar surface area (TPSA) is 69.7 Å². The molecule has 0 radical (unpaired) electrons. The van der Waals surface area contributed by atoms with E-state index in [4.69, 9.17) is 0 Å². The van der Waals surface area contributed by atoms with E-state index in [2.05, 4.69) is 5.32 Å². The second-order valence-electron chi connectivity index (χ2n) is 6.87. The van der Waals surface area contributed by atoms with E-state index in [1.807, 2.05) is 0 Å².